The van der Waals surface area contributed by atoms with E-state index < -0.39 is 5.97 Å². The summed E-state index contributed by atoms with van der Waals surface area (Å²) in [4.78, 5) is 13.3. The molecule has 1 atom stereocenters. The summed E-state index contributed by atoms with van der Waals surface area (Å²) in [5.41, 5.74) is 2.55. The van der Waals surface area contributed by atoms with Gasteiger partial charge in [0.05, 0.1) is 11.3 Å². The number of aromatic carboxylic acids is 1. The molecular weight excluding hydrogens is 304 g/mol. The molecule has 0 amide bonds. The molecule has 1 saturated heterocycles. The Morgan fingerprint density at radius 1 is 1.38 bits per heavy atom. The lowest BCUT2D eigenvalue weighted by Gasteiger charge is -2.14. The van der Waals surface area contributed by atoms with Gasteiger partial charge in [0, 0.05) is 25.1 Å². The van der Waals surface area contributed by atoms with Crippen LogP contribution in [0, 0.1) is 5.92 Å². The van der Waals surface area contributed by atoms with Gasteiger partial charge in [-0.05, 0) is 43.0 Å². The van der Waals surface area contributed by atoms with E-state index in [2.05, 4.69) is 30.0 Å². The van der Waals surface area contributed by atoms with E-state index in [-0.39, 0.29) is 0 Å². The summed E-state index contributed by atoms with van der Waals surface area (Å²) in [6.45, 7) is 7.16. The van der Waals surface area contributed by atoms with E-state index in [9.17, 15) is 4.79 Å². The Morgan fingerprint density at radius 2 is 2.12 bits per heavy atom. The Kier molecular flexibility index (Phi) is 5.00. The molecule has 0 aliphatic carbocycles. The first-order valence-electron chi connectivity index (χ1n) is 8.51. The number of carbonyl (C=O) groups is 1. The topological polar surface area (TPSA) is 66.6 Å². The van der Waals surface area contributed by atoms with Crippen LogP contribution in [0.5, 0.6) is 0 Å². The van der Waals surface area contributed by atoms with Gasteiger partial charge in [-0.25, -0.2) is 4.79 Å². The molecule has 0 radical (unpaired) electrons. The molecule has 24 heavy (non-hydrogen) atoms. The third-order valence-electron chi connectivity index (χ3n) is 4.63. The van der Waals surface area contributed by atoms with Crippen molar-refractivity contribution in [2.75, 3.05) is 13.1 Å². The Hall–Kier alpha value is -2.14. The summed E-state index contributed by atoms with van der Waals surface area (Å²) in [5.74, 6) is 1.05. The number of likely N-dealkylation sites (tertiary alicyclic amines) is 1. The SMILES string of the molecule is CC(C)c1cc(CN2CCC(Cc3ccc(C(=O)O)cc3)C2)no1. The summed E-state index contributed by atoms with van der Waals surface area (Å²) in [6.07, 6.45) is 2.15. The van der Waals surface area contributed by atoms with E-state index in [1.54, 1.807) is 12.1 Å². The van der Waals surface area contributed by atoms with Gasteiger partial charge in [0.15, 0.2) is 0 Å². The molecule has 2 heterocycles. The molecule has 1 aliphatic rings. The monoisotopic (exact) mass is 328 g/mol. The van der Waals surface area contributed by atoms with Crippen molar-refractivity contribution in [2.24, 2.45) is 5.92 Å². The molecule has 1 unspecified atom stereocenters. The average molecular weight is 328 g/mol. The highest BCUT2D eigenvalue weighted by Crippen LogP contribution is 2.23. The second-order valence-electron chi connectivity index (χ2n) is 6.97. The van der Waals surface area contributed by atoms with E-state index in [4.69, 9.17) is 9.63 Å². The van der Waals surface area contributed by atoms with E-state index in [1.165, 1.54) is 5.56 Å². The Labute approximate surface area is 142 Å². The summed E-state index contributed by atoms with van der Waals surface area (Å²) in [6, 6.07) is 9.29. The zero-order valence-electron chi connectivity index (χ0n) is 14.2. The van der Waals surface area contributed by atoms with Crippen LogP contribution in [0.15, 0.2) is 34.9 Å². The maximum absolute atomic E-state index is 10.9. The lowest BCUT2D eigenvalue weighted by Crippen LogP contribution is -2.20. The fraction of sp³-hybridized carbons (Fsp3) is 0.474. The third kappa shape index (κ3) is 4.03. The van der Waals surface area contributed by atoms with Crippen LogP contribution >= 0.6 is 0 Å². The molecule has 5 heteroatoms. The highest BCUT2D eigenvalue weighted by molar-refractivity contribution is 5.87. The van der Waals surface area contributed by atoms with Gasteiger partial charge in [0.2, 0.25) is 0 Å². The van der Waals surface area contributed by atoms with Crippen LogP contribution in [0.2, 0.25) is 0 Å². The number of carboxylic acid groups (broad SMARTS) is 1. The van der Waals surface area contributed by atoms with Gasteiger partial charge in [-0.3, -0.25) is 4.90 Å². The van der Waals surface area contributed by atoms with Crippen molar-refractivity contribution in [2.45, 2.75) is 39.2 Å². The molecule has 128 valence electrons. The van der Waals surface area contributed by atoms with Crippen LogP contribution in [0.4, 0.5) is 0 Å². The largest absolute Gasteiger partial charge is 0.478 e. The molecule has 1 aliphatic heterocycles. The number of carboxylic acids is 1. The van der Waals surface area contributed by atoms with Crippen LogP contribution in [-0.2, 0) is 13.0 Å². The first-order valence-corrected chi connectivity index (χ1v) is 8.51. The zero-order chi connectivity index (χ0) is 17.1. The van der Waals surface area contributed by atoms with E-state index >= 15 is 0 Å². The van der Waals surface area contributed by atoms with Gasteiger partial charge in [-0.15, -0.1) is 0 Å². The molecule has 1 aromatic heterocycles. The lowest BCUT2D eigenvalue weighted by atomic mass is 9.98. The van der Waals surface area contributed by atoms with Gasteiger partial charge in [-0.1, -0.05) is 31.1 Å². The van der Waals surface area contributed by atoms with Crippen molar-refractivity contribution < 1.29 is 14.4 Å². The summed E-state index contributed by atoms with van der Waals surface area (Å²) >= 11 is 0. The minimum absolute atomic E-state index is 0.346. The fourth-order valence-electron chi connectivity index (χ4n) is 3.24. The minimum Gasteiger partial charge on any atom is -0.478 e. The minimum atomic E-state index is -0.873. The number of aromatic nitrogens is 1. The predicted molar refractivity (Wildman–Crippen MR) is 91.1 cm³/mol. The summed E-state index contributed by atoms with van der Waals surface area (Å²) in [5, 5.41) is 13.1. The highest BCUT2D eigenvalue weighted by atomic mass is 16.5. The Morgan fingerprint density at radius 3 is 2.75 bits per heavy atom. The summed E-state index contributed by atoms with van der Waals surface area (Å²) < 4.78 is 5.36. The van der Waals surface area contributed by atoms with Crippen LogP contribution < -0.4 is 0 Å². The van der Waals surface area contributed by atoms with Gasteiger partial charge >= 0.3 is 5.97 Å². The highest BCUT2D eigenvalue weighted by Gasteiger charge is 2.23. The third-order valence-corrected chi connectivity index (χ3v) is 4.63. The molecule has 0 saturated carbocycles. The number of hydrogen-bond acceptors (Lipinski definition) is 4. The van der Waals surface area contributed by atoms with Gasteiger partial charge in [-0.2, -0.15) is 0 Å². The average Bonchev–Trinajstić information content (AvgIpc) is 3.18. The van der Waals surface area contributed by atoms with Gasteiger partial charge < -0.3 is 9.63 Å². The second-order valence-corrected chi connectivity index (χ2v) is 6.97. The quantitative estimate of drug-likeness (QED) is 0.878. The molecule has 1 aromatic carbocycles. The van der Waals surface area contributed by atoms with E-state index in [0.717, 1.165) is 43.9 Å². The van der Waals surface area contributed by atoms with Crippen LogP contribution in [0.1, 0.15) is 53.6 Å². The molecule has 5 nitrogen and oxygen atoms in total. The Bertz CT molecular complexity index is 691. The number of nitrogens with zero attached hydrogens (tertiary/aromatic N) is 2. The first-order chi connectivity index (χ1) is 11.5. The molecule has 0 bridgehead atoms. The van der Waals surface area contributed by atoms with Gasteiger partial charge in [0.25, 0.3) is 0 Å². The molecule has 1 fully saturated rings. The smallest absolute Gasteiger partial charge is 0.335 e. The first kappa shape index (κ1) is 16.7. The Balaban J connectivity index is 1.52. The van der Waals surface area contributed by atoms with Crippen molar-refractivity contribution in [3.63, 3.8) is 0 Å². The second kappa shape index (κ2) is 7.18. The number of hydrogen-bond donors (Lipinski definition) is 1. The van der Waals surface area contributed by atoms with Gasteiger partial charge in [0.1, 0.15) is 5.76 Å². The molecule has 3 rings (SSSR count). The van der Waals surface area contributed by atoms with Crippen molar-refractivity contribution in [1.82, 2.24) is 10.1 Å². The van der Waals surface area contributed by atoms with Crippen molar-refractivity contribution >= 4 is 5.97 Å². The maximum Gasteiger partial charge on any atom is 0.335 e. The summed E-state index contributed by atoms with van der Waals surface area (Å²) in [7, 11) is 0. The number of rotatable bonds is 6. The van der Waals surface area contributed by atoms with Crippen molar-refractivity contribution in [3.05, 3.63) is 52.9 Å². The molecule has 0 spiro atoms. The lowest BCUT2D eigenvalue weighted by molar-refractivity contribution is 0.0697. The predicted octanol–water partition coefficient (Wildman–Crippen LogP) is 3.56. The van der Waals surface area contributed by atoms with Crippen molar-refractivity contribution in [1.29, 1.82) is 0 Å². The molecule has 2 aromatic rings. The zero-order valence-corrected chi connectivity index (χ0v) is 14.2. The molecule has 1 N–H and O–H groups in total. The van der Waals surface area contributed by atoms with Crippen molar-refractivity contribution in [3.8, 4) is 0 Å². The fourth-order valence-corrected chi connectivity index (χ4v) is 3.24. The van der Waals surface area contributed by atoms with Crippen LogP contribution in [0.25, 0.3) is 0 Å². The standard InChI is InChI=1S/C19H24N2O3/c1-13(2)18-10-17(20-24-18)12-21-8-7-15(11-21)9-14-3-5-16(6-4-14)19(22)23/h3-6,10,13,15H,7-9,11-12H2,1-2H3,(H,22,23). The number of benzene rings is 1. The van der Waals surface area contributed by atoms with Crippen LogP contribution in [0.3, 0.4) is 0 Å². The maximum atomic E-state index is 10.9. The van der Waals surface area contributed by atoms with E-state index in [0.29, 0.717) is 17.4 Å². The van der Waals surface area contributed by atoms with Crippen LogP contribution in [-0.4, -0.2) is 34.2 Å². The normalized spacial score (nSPS) is 18.4. The molecular formula is C19H24N2O3. The van der Waals surface area contributed by atoms with E-state index in [1.807, 2.05) is 12.1 Å².